The monoisotopic (exact) mass is 420 g/mol. The largest absolute Gasteiger partial charge is 0.377 e. The molecule has 2 N–H and O–H groups in total. The van der Waals surface area contributed by atoms with Gasteiger partial charge in [0.2, 0.25) is 0 Å². The molecule has 4 aromatic rings. The SMILES string of the molecule is C[C@@H]1CN(c2ccc3nc(NC4COC4)c4cc5cc(F)ccc5n4c3n2)C[C@H](C)N1. The standard InChI is InChI=1S/C23H25FN6O/c1-13-9-29(10-14(2)25-13)21-6-4-18-23(28-21)30-19-5-3-16(24)7-15(19)8-20(30)22(27-18)26-17-11-31-12-17/h3-8,13-14,17,25H,9-12H2,1-2H3,(H,26,27)/t13-,14+. The van der Waals surface area contributed by atoms with Crippen LogP contribution in [0, 0.1) is 5.82 Å². The van der Waals surface area contributed by atoms with Crippen molar-refractivity contribution in [2.24, 2.45) is 0 Å². The van der Waals surface area contributed by atoms with Crippen LogP contribution in [0.4, 0.5) is 16.0 Å². The van der Waals surface area contributed by atoms with Gasteiger partial charge in [0.25, 0.3) is 0 Å². The van der Waals surface area contributed by atoms with Gasteiger partial charge in [0.05, 0.1) is 30.3 Å². The second-order valence-electron chi connectivity index (χ2n) is 8.79. The number of nitrogens with one attached hydrogen (secondary N) is 2. The van der Waals surface area contributed by atoms with Gasteiger partial charge in [0.1, 0.15) is 17.2 Å². The summed E-state index contributed by atoms with van der Waals surface area (Å²) < 4.78 is 21.4. The molecular weight excluding hydrogens is 395 g/mol. The number of ether oxygens (including phenoxy) is 1. The molecule has 0 unspecified atom stereocenters. The van der Waals surface area contributed by atoms with E-state index in [1.807, 2.05) is 24.3 Å². The molecule has 6 rings (SSSR count). The zero-order valence-electron chi connectivity index (χ0n) is 17.6. The first-order chi connectivity index (χ1) is 15.0. The molecular formula is C23H25FN6O. The Morgan fingerprint density at radius 3 is 2.58 bits per heavy atom. The number of pyridine rings is 1. The Bertz CT molecular complexity index is 1290. The number of piperazine rings is 1. The van der Waals surface area contributed by atoms with Crippen LogP contribution in [0.5, 0.6) is 0 Å². The third-order valence-electron chi connectivity index (χ3n) is 6.15. The van der Waals surface area contributed by atoms with Crippen molar-refractivity contribution in [2.45, 2.75) is 32.0 Å². The van der Waals surface area contributed by atoms with E-state index in [-0.39, 0.29) is 11.9 Å². The fourth-order valence-corrected chi connectivity index (χ4v) is 4.76. The predicted molar refractivity (Wildman–Crippen MR) is 120 cm³/mol. The van der Waals surface area contributed by atoms with Crippen LogP contribution >= 0.6 is 0 Å². The molecule has 2 fully saturated rings. The topological polar surface area (TPSA) is 66.7 Å². The van der Waals surface area contributed by atoms with Crippen molar-refractivity contribution in [2.75, 3.05) is 36.5 Å². The average Bonchev–Trinajstić information content (AvgIpc) is 3.08. The molecule has 1 aromatic carbocycles. The predicted octanol–water partition coefficient (Wildman–Crippen LogP) is 3.17. The summed E-state index contributed by atoms with van der Waals surface area (Å²) in [6.07, 6.45) is 0. The fraction of sp³-hybridized carbons (Fsp3) is 0.391. The second kappa shape index (κ2) is 7.03. The van der Waals surface area contributed by atoms with Gasteiger partial charge < -0.3 is 20.3 Å². The molecule has 8 heteroatoms. The van der Waals surface area contributed by atoms with E-state index in [4.69, 9.17) is 14.7 Å². The van der Waals surface area contributed by atoms with Crippen LogP contribution < -0.4 is 15.5 Å². The van der Waals surface area contributed by atoms with Crippen molar-refractivity contribution in [3.05, 3.63) is 42.2 Å². The van der Waals surface area contributed by atoms with Crippen molar-refractivity contribution in [3.8, 4) is 0 Å². The number of fused-ring (bicyclic) bond motifs is 5. The zero-order valence-corrected chi connectivity index (χ0v) is 17.6. The van der Waals surface area contributed by atoms with Crippen molar-refractivity contribution < 1.29 is 9.13 Å². The number of rotatable bonds is 3. The molecule has 2 saturated heterocycles. The highest BCUT2D eigenvalue weighted by molar-refractivity contribution is 5.96. The molecule has 2 atom stereocenters. The van der Waals surface area contributed by atoms with Gasteiger partial charge in [0.15, 0.2) is 11.5 Å². The Morgan fingerprint density at radius 1 is 1.03 bits per heavy atom. The van der Waals surface area contributed by atoms with E-state index in [2.05, 4.69) is 33.8 Å². The zero-order chi connectivity index (χ0) is 21.1. The molecule has 160 valence electrons. The molecule has 7 nitrogen and oxygen atoms in total. The van der Waals surface area contributed by atoms with Gasteiger partial charge in [-0.2, -0.15) is 0 Å². The number of nitrogens with zero attached hydrogens (tertiary/aromatic N) is 4. The molecule has 0 aliphatic carbocycles. The van der Waals surface area contributed by atoms with E-state index < -0.39 is 0 Å². The van der Waals surface area contributed by atoms with Gasteiger partial charge in [-0.15, -0.1) is 0 Å². The maximum absolute atomic E-state index is 13.9. The summed E-state index contributed by atoms with van der Waals surface area (Å²) >= 11 is 0. The number of hydrogen-bond acceptors (Lipinski definition) is 6. The van der Waals surface area contributed by atoms with Gasteiger partial charge in [-0.3, -0.25) is 4.40 Å². The lowest BCUT2D eigenvalue weighted by atomic mass is 10.1. The molecule has 3 aromatic heterocycles. The summed E-state index contributed by atoms with van der Waals surface area (Å²) in [4.78, 5) is 12.3. The first-order valence-electron chi connectivity index (χ1n) is 10.8. The average molecular weight is 420 g/mol. The van der Waals surface area contributed by atoms with Gasteiger partial charge in [-0.25, -0.2) is 14.4 Å². The quantitative estimate of drug-likeness (QED) is 0.531. The van der Waals surface area contributed by atoms with Crippen molar-refractivity contribution >= 4 is 39.2 Å². The molecule has 5 heterocycles. The number of halogens is 1. The summed E-state index contributed by atoms with van der Waals surface area (Å²) in [5, 5.41) is 7.88. The van der Waals surface area contributed by atoms with Crippen LogP contribution in [0.25, 0.3) is 27.6 Å². The third kappa shape index (κ3) is 3.18. The summed E-state index contributed by atoms with van der Waals surface area (Å²) in [6, 6.07) is 12.0. The number of benzene rings is 1. The minimum atomic E-state index is -0.250. The third-order valence-corrected chi connectivity index (χ3v) is 6.15. The molecule has 0 amide bonds. The van der Waals surface area contributed by atoms with Gasteiger partial charge >= 0.3 is 0 Å². The van der Waals surface area contributed by atoms with Crippen LogP contribution in [0.2, 0.25) is 0 Å². The number of aromatic nitrogens is 3. The van der Waals surface area contributed by atoms with E-state index in [1.165, 1.54) is 6.07 Å². The van der Waals surface area contributed by atoms with E-state index >= 15 is 0 Å². The molecule has 2 aliphatic heterocycles. The van der Waals surface area contributed by atoms with E-state index in [0.29, 0.717) is 25.3 Å². The Labute approximate surface area is 179 Å². The molecule has 2 aliphatic rings. The van der Waals surface area contributed by atoms with E-state index in [9.17, 15) is 4.39 Å². The van der Waals surface area contributed by atoms with Crippen LogP contribution in [0.15, 0.2) is 36.4 Å². The number of hydrogen-bond donors (Lipinski definition) is 2. The van der Waals surface area contributed by atoms with Crippen molar-refractivity contribution in [1.29, 1.82) is 0 Å². The lowest BCUT2D eigenvalue weighted by Crippen LogP contribution is -2.54. The first-order valence-corrected chi connectivity index (χ1v) is 10.8. The van der Waals surface area contributed by atoms with Crippen LogP contribution in [0.1, 0.15) is 13.8 Å². The lowest BCUT2D eigenvalue weighted by molar-refractivity contribution is 0.0210. The molecule has 0 radical (unpaired) electrons. The maximum Gasteiger partial charge on any atom is 0.166 e. The first kappa shape index (κ1) is 18.8. The van der Waals surface area contributed by atoms with Crippen LogP contribution in [-0.2, 0) is 4.74 Å². The fourth-order valence-electron chi connectivity index (χ4n) is 4.76. The van der Waals surface area contributed by atoms with Crippen molar-refractivity contribution in [1.82, 2.24) is 19.7 Å². The Morgan fingerprint density at radius 2 is 1.84 bits per heavy atom. The smallest absolute Gasteiger partial charge is 0.166 e. The maximum atomic E-state index is 13.9. The lowest BCUT2D eigenvalue weighted by Gasteiger charge is -2.37. The van der Waals surface area contributed by atoms with Gasteiger partial charge in [0, 0.05) is 30.6 Å². The summed E-state index contributed by atoms with van der Waals surface area (Å²) in [7, 11) is 0. The van der Waals surface area contributed by atoms with E-state index in [0.717, 1.165) is 52.3 Å². The minimum Gasteiger partial charge on any atom is -0.377 e. The van der Waals surface area contributed by atoms with Crippen LogP contribution in [0.3, 0.4) is 0 Å². The highest BCUT2D eigenvalue weighted by atomic mass is 19.1. The molecule has 0 bridgehead atoms. The summed E-state index contributed by atoms with van der Waals surface area (Å²) in [5.74, 6) is 1.46. The van der Waals surface area contributed by atoms with E-state index in [1.54, 1.807) is 6.07 Å². The summed E-state index contributed by atoms with van der Waals surface area (Å²) in [6.45, 7) is 7.52. The normalized spacial score (nSPS) is 22.4. The minimum absolute atomic E-state index is 0.236. The molecule has 0 saturated carbocycles. The second-order valence-corrected chi connectivity index (χ2v) is 8.79. The summed E-state index contributed by atoms with van der Waals surface area (Å²) in [5.41, 5.74) is 3.40. The molecule has 0 spiro atoms. The van der Waals surface area contributed by atoms with Gasteiger partial charge in [-0.1, -0.05) is 0 Å². The Kier molecular flexibility index (Phi) is 4.26. The van der Waals surface area contributed by atoms with Crippen molar-refractivity contribution in [3.63, 3.8) is 0 Å². The molecule has 31 heavy (non-hydrogen) atoms. The Balaban J connectivity index is 1.56. The van der Waals surface area contributed by atoms with Gasteiger partial charge in [-0.05, 0) is 50.2 Å². The van der Waals surface area contributed by atoms with Crippen LogP contribution in [-0.4, -0.2) is 58.8 Å². The highest BCUT2D eigenvalue weighted by Gasteiger charge is 2.24. The highest BCUT2D eigenvalue weighted by Crippen LogP contribution is 2.31. The number of anilines is 2. The Hall–Kier alpha value is -2.97.